The molecule has 0 spiro atoms. The Labute approximate surface area is 81.6 Å². The third-order valence-corrected chi connectivity index (χ3v) is 1.45. The Hall–Kier alpha value is -0.330. The van der Waals surface area contributed by atoms with Gasteiger partial charge in [0.05, 0.1) is 25.9 Å². The van der Waals surface area contributed by atoms with Crippen LogP contribution in [0, 0.1) is 0 Å². The highest BCUT2D eigenvalue weighted by atomic mass is 19.4. The molecule has 0 fully saturated rings. The zero-order valence-electron chi connectivity index (χ0n) is 8.36. The van der Waals surface area contributed by atoms with Gasteiger partial charge >= 0.3 is 6.18 Å². The first-order valence-corrected chi connectivity index (χ1v) is 4.33. The maximum absolute atomic E-state index is 11.7. The molecule has 0 aromatic rings. The molecule has 0 rings (SSSR count). The second-order valence-corrected chi connectivity index (χ2v) is 2.92. The van der Waals surface area contributed by atoms with Crippen LogP contribution >= 0.6 is 0 Å². The van der Waals surface area contributed by atoms with Crippen molar-refractivity contribution < 1.29 is 22.6 Å². The summed E-state index contributed by atoms with van der Waals surface area (Å²) in [5.41, 5.74) is 0. The van der Waals surface area contributed by atoms with Crippen molar-refractivity contribution in [3.8, 4) is 0 Å². The van der Waals surface area contributed by atoms with Crippen LogP contribution < -0.4 is 5.32 Å². The standard InChI is InChI=1S/C8H16F3NO2/c1-7(14-4-3-13-2)5-12-6-8(9,10)11/h7,12H,3-6H2,1-2H3. The molecule has 0 aliphatic heterocycles. The van der Waals surface area contributed by atoms with Crippen molar-refractivity contribution >= 4 is 0 Å². The van der Waals surface area contributed by atoms with Crippen LogP contribution in [0.4, 0.5) is 13.2 Å². The third-order valence-electron chi connectivity index (χ3n) is 1.45. The van der Waals surface area contributed by atoms with E-state index in [1.54, 1.807) is 6.92 Å². The van der Waals surface area contributed by atoms with Crippen LogP contribution in [0.2, 0.25) is 0 Å². The molecule has 3 nitrogen and oxygen atoms in total. The summed E-state index contributed by atoms with van der Waals surface area (Å²) in [5, 5.41) is 2.26. The van der Waals surface area contributed by atoms with E-state index in [9.17, 15) is 13.2 Å². The summed E-state index contributed by atoms with van der Waals surface area (Å²) in [7, 11) is 1.54. The average molecular weight is 215 g/mol. The molecule has 0 aromatic heterocycles. The van der Waals surface area contributed by atoms with Gasteiger partial charge in [-0.1, -0.05) is 0 Å². The highest BCUT2D eigenvalue weighted by molar-refractivity contribution is 4.59. The molecule has 1 unspecified atom stereocenters. The predicted molar refractivity (Wildman–Crippen MR) is 46.2 cm³/mol. The number of rotatable bonds is 7. The molecule has 0 heterocycles. The zero-order chi connectivity index (χ0) is 11.0. The number of alkyl halides is 3. The number of halogens is 3. The summed E-state index contributed by atoms with van der Waals surface area (Å²) >= 11 is 0. The van der Waals surface area contributed by atoms with Crippen molar-refractivity contribution in [1.29, 1.82) is 0 Å². The molecule has 0 radical (unpaired) electrons. The average Bonchev–Trinajstić information content (AvgIpc) is 2.02. The number of methoxy groups -OCH3 is 1. The van der Waals surface area contributed by atoms with Gasteiger partial charge in [-0.3, -0.25) is 0 Å². The lowest BCUT2D eigenvalue weighted by Crippen LogP contribution is -2.34. The summed E-state index contributed by atoms with van der Waals surface area (Å²) in [4.78, 5) is 0. The minimum absolute atomic E-state index is 0.184. The van der Waals surface area contributed by atoms with E-state index in [0.717, 1.165) is 0 Å². The first-order chi connectivity index (χ1) is 6.45. The van der Waals surface area contributed by atoms with Crippen molar-refractivity contribution in [3.63, 3.8) is 0 Å². The Morgan fingerprint density at radius 2 is 1.93 bits per heavy atom. The minimum Gasteiger partial charge on any atom is -0.382 e. The maximum atomic E-state index is 11.7. The van der Waals surface area contributed by atoms with E-state index in [4.69, 9.17) is 9.47 Å². The Morgan fingerprint density at radius 1 is 1.29 bits per heavy atom. The molecule has 86 valence electrons. The van der Waals surface area contributed by atoms with E-state index in [2.05, 4.69) is 5.32 Å². The molecular weight excluding hydrogens is 199 g/mol. The van der Waals surface area contributed by atoms with E-state index < -0.39 is 12.7 Å². The molecule has 0 amide bonds. The molecule has 0 aliphatic rings. The van der Waals surface area contributed by atoms with Gasteiger partial charge in [-0.15, -0.1) is 0 Å². The van der Waals surface area contributed by atoms with Gasteiger partial charge in [0.15, 0.2) is 0 Å². The molecule has 14 heavy (non-hydrogen) atoms. The van der Waals surface area contributed by atoms with Crippen LogP contribution in [0.15, 0.2) is 0 Å². The fourth-order valence-corrected chi connectivity index (χ4v) is 0.809. The Kier molecular flexibility index (Phi) is 6.86. The van der Waals surface area contributed by atoms with Crippen molar-refractivity contribution in [2.75, 3.05) is 33.4 Å². The first-order valence-electron chi connectivity index (χ1n) is 4.33. The fraction of sp³-hybridized carbons (Fsp3) is 1.00. The van der Waals surface area contributed by atoms with Crippen LogP contribution in [0.25, 0.3) is 0 Å². The van der Waals surface area contributed by atoms with Crippen molar-refractivity contribution in [2.24, 2.45) is 0 Å². The quantitative estimate of drug-likeness (QED) is 0.647. The van der Waals surface area contributed by atoms with E-state index in [1.807, 2.05) is 0 Å². The fourth-order valence-electron chi connectivity index (χ4n) is 0.809. The molecule has 0 aliphatic carbocycles. The SMILES string of the molecule is COCCOC(C)CNCC(F)(F)F. The van der Waals surface area contributed by atoms with Gasteiger partial charge < -0.3 is 14.8 Å². The highest BCUT2D eigenvalue weighted by Gasteiger charge is 2.26. The second kappa shape index (κ2) is 7.03. The number of ether oxygens (including phenoxy) is 2. The van der Waals surface area contributed by atoms with Gasteiger partial charge in [0.2, 0.25) is 0 Å². The summed E-state index contributed by atoms with van der Waals surface area (Å²) in [6, 6.07) is 0. The highest BCUT2D eigenvalue weighted by Crippen LogP contribution is 2.11. The smallest absolute Gasteiger partial charge is 0.382 e. The van der Waals surface area contributed by atoms with Crippen molar-refractivity contribution in [2.45, 2.75) is 19.2 Å². The van der Waals surface area contributed by atoms with Crippen LogP contribution in [-0.4, -0.2) is 45.7 Å². The third kappa shape index (κ3) is 9.76. The number of hydrogen-bond acceptors (Lipinski definition) is 3. The van der Waals surface area contributed by atoms with E-state index >= 15 is 0 Å². The molecule has 1 atom stereocenters. The summed E-state index contributed by atoms with van der Waals surface area (Å²) < 4.78 is 44.9. The van der Waals surface area contributed by atoms with Crippen molar-refractivity contribution in [3.05, 3.63) is 0 Å². The van der Waals surface area contributed by atoms with Gasteiger partial charge in [-0.05, 0) is 6.92 Å². The normalized spacial score (nSPS) is 14.4. The summed E-state index contributed by atoms with van der Waals surface area (Å²) in [6.07, 6.45) is -4.40. The molecule has 0 saturated carbocycles. The van der Waals surface area contributed by atoms with Gasteiger partial charge in [0.1, 0.15) is 0 Å². The Bertz CT molecular complexity index is 141. The van der Waals surface area contributed by atoms with E-state index in [0.29, 0.717) is 13.2 Å². The number of nitrogens with one attached hydrogen (secondary N) is 1. The molecule has 1 N–H and O–H groups in total. The lowest BCUT2D eigenvalue weighted by molar-refractivity contribution is -0.125. The van der Waals surface area contributed by atoms with E-state index in [-0.39, 0.29) is 12.6 Å². The predicted octanol–water partition coefficient (Wildman–Crippen LogP) is 1.19. The molecule has 0 saturated heterocycles. The van der Waals surface area contributed by atoms with Crippen LogP contribution in [0.3, 0.4) is 0 Å². The largest absolute Gasteiger partial charge is 0.401 e. The summed E-state index contributed by atoms with van der Waals surface area (Å²) in [5.74, 6) is 0. The van der Waals surface area contributed by atoms with Crippen LogP contribution in [0.5, 0.6) is 0 Å². The maximum Gasteiger partial charge on any atom is 0.401 e. The molecule has 0 bridgehead atoms. The van der Waals surface area contributed by atoms with Gasteiger partial charge in [0, 0.05) is 13.7 Å². The lowest BCUT2D eigenvalue weighted by atomic mass is 10.4. The molecular formula is C8H16F3NO2. The van der Waals surface area contributed by atoms with Crippen LogP contribution in [0.1, 0.15) is 6.92 Å². The van der Waals surface area contributed by atoms with Crippen molar-refractivity contribution in [1.82, 2.24) is 5.32 Å². The summed E-state index contributed by atoms with van der Waals surface area (Å²) in [6.45, 7) is 1.75. The van der Waals surface area contributed by atoms with Gasteiger partial charge in [0.25, 0.3) is 0 Å². The molecule has 6 heteroatoms. The topological polar surface area (TPSA) is 30.5 Å². The van der Waals surface area contributed by atoms with Crippen LogP contribution in [-0.2, 0) is 9.47 Å². The Morgan fingerprint density at radius 3 is 2.43 bits per heavy atom. The minimum atomic E-state index is -4.16. The lowest BCUT2D eigenvalue weighted by Gasteiger charge is -2.14. The zero-order valence-corrected chi connectivity index (χ0v) is 8.36. The monoisotopic (exact) mass is 215 g/mol. The molecule has 0 aromatic carbocycles. The van der Waals surface area contributed by atoms with E-state index in [1.165, 1.54) is 7.11 Å². The van der Waals surface area contributed by atoms with Gasteiger partial charge in [-0.2, -0.15) is 13.2 Å². The first kappa shape index (κ1) is 13.7. The van der Waals surface area contributed by atoms with Gasteiger partial charge in [-0.25, -0.2) is 0 Å². The Balaban J connectivity index is 3.31. The number of hydrogen-bond donors (Lipinski definition) is 1. The second-order valence-electron chi connectivity index (χ2n) is 2.92.